The van der Waals surface area contributed by atoms with Crippen LogP contribution in [0.15, 0.2) is 30.3 Å². The van der Waals surface area contributed by atoms with Crippen LogP contribution in [0.25, 0.3) is 0 Å². The van der Waals surface area contributed by atoms with Crippen LogP contribution in [0.2, 0.25) is 0 Å². The Balaban J connectivity index is 2.20. The van der Waals surface area contributed by atoms with Crippen LogP contribution >= 0.6 is 7.37 Å². The zero-order chi connectivity index (χ0) is 38.3. The summed E-state index contributed by atoms with van der Waals surface area (Å²) in [4.78, 5) is 67.9. The second kappa shape index (κ2) is 21.2. The highest BCUT2D eigenvalue weighted by Crippen LogP contribution is 2.53. The molecule has 1 saturated heterocycles. The number of nitrogens with zero attached hydrogens (tertiary/aromatic N) is 1. The summed E-state index contributed by atoms with van der Waals surface area (Å²) in [5, 5.41) is 11.1. The maximum absolute atomic E-state index is 14.5. The number of rotatable bonds is 20. The van der Waals surface area contributed by atoms with Crippen LogP contribution in [0.5, 0.6) is 0 Å². The lowest BCUT2D eigenvalue weighted by Crippen LogP contribution is -2.54. The van der Waals surface area contributed by atoms with Crippen LogP contribution in [0.3, 0.4) is 0 Å². The molecule has 0 radical (unpaired) electrons. The Kier molecular flexibility index (Phi) is 18.2. The molecule has 1 unspecified atom stereocenters. The van der Waals surface area contributed by atoms with E-state index >= 15 is 0 Å². The summed E-state index contributed by atoms with van der Waals surface area (Å²) >= 11 is 0. The molecule has 4 N–H and O–H groups in total. The van der Waals surface area contributed by atoms with Gasteiger partial charge in [-0.05, 0) is 69.3 Å². The van der Waals surface area contributed by atoms with E-state index in [4.69, 9.17) is 9.26 Å². The van der Waals surface area contributed by atoms with Gasteiger partial charge >= 0.3 is 6.09 Å². The molecule has 1 fully saturated rings. The summed E-state index contributed by atoms with van der Waals surface area (Å²) in [5.41, 5.74) is 0.827. The van der Waals surface area contributed by atoms with Gasteiger partial charge in [-0.2, -0.15) is 0 Å². The maximum atomic E-state index is 14.5. The topological polar surface area (TPSA) is 172 Å². The van der Waals surface area contributed by atoms with Gasteiger partial charge in [-0.3, -0.25) is 28.6 Å². The van der Waals surface area contributed by atoms with Gasteiger partial charge in [0.25, 0.3) is 0 Å². The Bertz CT molecular complexity index is 1340. The lowest BCUT2D eigenvalue weighted by Gasteiger charge is -2.31. The molecule has 14 heteroatoms. The van der Waals surface area contributed by atoms with Gasteiger partial charge < -0.3 is 30.5 Å². The van der Waals surface area contributed by atoms with E-state index in [1.165, 1.54) is 11.9 Å². The van der Waals surface area contributed by atoms with Crippen LogP contribution in [0.1, 0.15) is 93.1 Å². The van der Waals surface area contributed by atoms with Crippen molar-refractivity contribution in [2.75, 3.05) is 26.4 Å². The number of likely N-dealkylation sites (N-methyl/N-ethyl adjacent to an activating group) is 1. The van der Waals surface area contributed by atoms with Gasteiger partial charge in [0.05, 0.1) is 6.61 Å². The Labute approximate surface area is 304 Å². The molecule has 1 aromatic carbocycles. The minimum Gasteiger partial charge on any atom is -0.445 e. The zero-order valence-electron chi connectivity index (χ0n) is 32.0. The molecule has 13 nitrogen and oxygen atoms in total. The van der Waals surface area contributed by atoms with Crippen molar-refractivity contribution in [3.8, 4) is 0 Å². The van der Waals surface area contributed by atoms with E-state index in [9.17, 15) is 28.5 Å². The van der Waals surface area contributed by atoms with Gasteiger partial charge in [0, 0.05) is 25.7 Å². The van der Waals surface area contributed by atoms with Crippen molar-refractivity contribution >= 4 is 37.1 Å². The Morgan fingerprint density at radius 3 is 1.96 bits per heavy atom. The van der Waals surface area contributed by atoms with Crippen molar-refractivity contribution in [3.05, 3.63) is 35.9 Å². The molecule has 6 atom stereocenters. The monoisotopic (exact) mass is 735 g/mol. The number of likely N-dealkylation sites (tertiary alicyclic amines) is 1. The highest BCUT2D eigenvalue weighted by molar-refractivity contribution is 7.59. The summed E-state index contributed by atoms with van der Waals surface area (Å²) in [6, 6.07) is 6.74. The number of ether oxygens (including phenoxy) is 1. The van der Waals surface area contributed by atoms with Crippen molar-refractivity contribution in [2.24, 2.45) is 23.7 Å². The average molecular weight is 736 g/mol. The lowest BCUT2D eigenvalue weighted by atomic mass is 9.96. The molecule has 0 aromatic heterocycles. The van der Waals surface area contributed by atoms with E-state index in [0.29, 0.717) is 38.6 Å². The molecular formula is C37H62N5O8P. The minimum atomic E-state index is -3.69. The summed E-state index contributed by atoms with van der Waals surface area (Å²) in [6.45, 7) is 15.5. The van der Waals surface area contributed by atoms with E-state index in [0.717, 1.165) is 5.56 Å². The summed E-state index contributed by atoms with van der Waals surface area (Å²) in [7, 11) is -2.18. The number of nitrogens with one attached hydrogen (secondary N) is 4. The van der Waals surface area contributed by atoms with E-state index in [1.807, 2.05) is 71.9 Å². The lowest BCUT2D eigenvalue weighted by molar-refractivity contribution is -0.131. The number of hydrogen-bond acceptors (Lipinski definition) is 8. The fourth-order valence-corrected chi connectivity index (χ4v) is 8.62. The highest BCUT2D eigenvalue weighted by atomic mass is 31.2. The van der Waals surface area contributed by atoms with Crippen molar-refractivity contribution in [1.29, 1.82) is 0 Å². The first-order valence-electron chi connectivity index (χ1n) is 18.3. The van der Waals surface area contributed by atoms with E-state index in [2.05, 4.69) is 21.3 Å². The molecule has 2 rings (SSSR count). The van der Waals surface area contributed by atoms with Gasteiger partial charge in [0.15, 0.2) is 0 Å². The smallest absolute Gasteiger partial charge is 0.410 e. The second-order valence-corrected chi connectivity index (χ2v) is 17.6. The standard InChI is InChI=1S/C37H62N5O8P/c1-10-50-51(48,23-29(19-24(2)3)33(43)40-30(20-25(4)5)34(44)38-9)27(8)39-35(45)31(21-26(6)7)41-36(46)32-17-14-18-42(32)37(47)49-22-28-15-12-11-13-16-28/h11-13,15-16,24-27,29-32H,10,14,17-23H2,1-9H3,(H,38,44)(H,39,45)(H,40,43)(H,41,46)/t27-,29+,30-,31+,32-,51?/m0/s1. The van der Waals surface area contributed by atoms with Gasteiger partial charge in [0.1, 0.15) is 30.5 Å². The Morgan fingerprint density at radius 2 is 1.41 bits per heavy atom. The summed E-state index contributed by atoms with van der Waals surface area (Å²) in [5.74, 6) is -3.22. The third-order valence-corrected chi connectivity index (χ3v) is 11.8. The molecule has 0 spiro atoms. The molecule has 288 valence electrons. The maximum Gasteiger partial charge on any atom is 0.410 e. The SMILES string of the molecule is CCOP(=O)(C[C@@H](CC(C)C)C(=O)N[C@@H](CC(C)C)C(=O)NC)[C@@H](C)NC(=O)[C@@H](CC(C)C)NC(=O)[C@@H]1CCCN1C(=O)OCc1ccccc1. The van der Waals surface area contributed by atoms with Crippen molar-refractivity contribution < 1.29 is 37.8 Å². The zero-order valence-corrected chi connectivity index (χ0v) is 32.9. The number of amides is 5. The van der Waals surface area contributed by atoms with Crippen LogP contribution in [0.4, 0.5) is 4.79 Å². The first-order chi connectivity index (χ1) is 24.0. The van der Waals surface area contributed by atoms with Gasteiger partial charge in [-0.1, -0.05) is 71.9 Å². The quantitative estimate of drug-likeness (QED) is 0.135. The van der Waals surface area contributed by atoms with Crippen LogP contribution < -0.4 is 21.3 Å². The van der Waals surface area contributed by atoms with Crippen molar-refractivity contribution in [2.45, 2.75) is 118 Å². The fourth-order valence-electron chi connectivity index (χ4n) is 6.28. The van der Waals surface area contributed by atoms with Crippen molar-refractivity contribution in [3.63, 3.8) is 0 Å². The van der Waals surface area contributed by atoms with Gasteiger partial charge in [-0.25, -0.2) is 4.79 Å². The average Bonchev–Trinajstić information content (AvgIpc) is 3.56. The highest BCUT2D eigenvalue weighted by Gasteiger charge is 2.41. The molecule has 1 aromatic rings. The predicted octanol–water partition coefficient (Wildman–Crippen LogP) is 5.03. The molecule has 0 aliphatic carbocycles. The molecule has 51 heavy (non-hydrogen) atoms. The van der Waals surface area contributed by atoms with Crippen molar-refractivity contribution in [1.82, 2.24) is 26.2 Å². The number of benzene rings is 1. The molecule has 0 saturated carbocycles. The van der Waals surface area contributed by atoms with E-state index in [-0.39, 0.29) is 43.0 Å². The molecule has 1 aliphatic heterocycles. The number of carbonyl (C=O) groups excluding carboxylic acids is 5. The van der Waals surface area contributed by atoms with Gasteiger partial charge in [0.2, 0.25) is 31.0 Å². The number of carbonyl (C=O) groups is 5. The first kappa shape index (κ1) is 43.7. The Hall–Kier alpha value is -3.44. The van der Waals surface area contributed by atoms with E-state index in [1.54, 1.807) is 13.8 Å². The largest absolute Gasteiger partial charge is 0.445 e. The third kappa shape index (κ3) is 14.2. The molecular weight excluding hydrogens is 673 g/mol. The second-order valence-electron chi connectivity index (χ2n) is 14.7. The summed E-state index contributed by atoms with van der Waals surface area (Å²) in [6.07, 6.45) is 1.42. The minimum absolute atomic E-state index is 0.0174. The van der Waals surface area contributed by atoms with Gasteiger partial charge in [-0.15, -0.1) is 0 Å². The third-order valence-electron chi connectivity index (χ3n) is 8.81. The number of hydrogen-bond donors (Lipinski definition) is 4. The van der Waals surface area contributed by atoms with Crippen LogP contribution in [-0.4, -0.2) is 84.9 Å². The first-order valence-corrected chi connectivity index (χ1v) is 20.2. The van der Waals surface area contributed by atoms with Crippen LogP contribution in [0, 0.1) is 23.7 Å². The summed E-state index contributed by atoms with van der Waals surface area (Å²) < 4.78 is 25.8. The molecule has 1 aliphatic rings. The Morgan fingerprint density at radius 1 is 0.824 bits per heavy atom. The van der Waals surface area contributed by atoms with E-state index < -0.39 is 61.0 Å². The molecule has 1 heterocycles. The fraction of sp³-hybridized carbons (Fsp3) is 0.703. The predicted molar refractivity (Wildman–Crippen MR) is 198 cm³/mol. The molecule has 0 bridgehead atoms. The van der Waals surface area contributed by atoms with Crippen LogP contribution in [-0.2, 0) is 39.6 Å². The normalized spacial score (nSPS) is 18.0. The molecule has 5 amide bonds.